The maximum atomic E-state index is 12.4. The zero-order valence-electron chi connectivity index (χ0n) is 13.8. The minimum Gasteiger partial charge on any atom is -0.462 e. The third-order valence-corrected chi connectivity index (χ3v) is 3.28. The van der Waals surface area contributed by atoms with Gasteiger partial charge in [0.2, 0.25) is 0 Å². The monoisotopic (exact) mass is 346 g/mol. The first-order valence-corrected chi connectivity index (χ1v) is 7.88. The number of hydrogen-bond acceptors (Lipinski definition) is 4. The highest BCUT2D eigenvalue weighted by Crippen LogP contribution is 2.20. The van der Waals surface area contributed by atoms with Crippen LogP contribution in [0.3, 0.4) is 0 Å². The van der Waals surface area contributed by atoms with Crippen LogP contribution in [-0.4, -0.2) is 18.5 Å². The molecule has 0 heterocycles. The maximum Gasteiger partial charge on any atom is 0.344 e. The summed E-state index contributed by atoms with van der Waals surface area (Å²) in [6, 6.07) is 12.8. The van der Waals surface area contributed by atoms with Gasteiger partial charge in [-0.2, -0.15) is 0 Å². The van der Waals surface area contributed by atoms with E-state index in [4.69, 9.17) is 21.1 Å². The van der Waals surface area contributed by atoms with Crippen molar-refractivity contribution in [2.75, 3.05) is 6.61 Å². The topological polar surface area (TPSA) is 52.6 Å². The van der Waals surface area contributed by atoms with Gasteiger partial charge >= 0.3 is 11.9 Å². The third kappa shape index (κ3) is 5.10. The summed E-state index contributed by atoms with van der Waals surface area (Å²) in [6.07, 6.45) is 0. The van der Waals surface area contributed by atoms with Gasteiger partial charge in [0.25, 0.3) is 0 Å². The van der Waals surface area contributed by atoms with Crippen molar-refractivity contribution in [3.63, 3.8) is 0 Å². The van der Waals surface area contributed by atoms with Gasteiger partial charge in [-0.1, -0.05) is 44.5 Å². The number of rotatable bonds is 4. The quantitative estimate of drug-likeness (QED) is 0.591. The van der Waals surface area contributed by atoms with Crippen LogP contribution < -0.4 is 4.74 Å². The molecule has 2 rings (SSSR count). The van der Waals surface area contributed by atoms with Gasteiger partial charge in [-0.15, -0.1) is 0 Å². The predicted octanol–water partition coefficient (Wildman–Crippen LogP) is 4.76. The van der Waals surface area contributed by atoms with Crippen LogP contribution in [0.2, 0.25) is 5.02 Å². The molecule has 0 aliphatic carbocycles. The standard InChI is InChI=1S/C19H19ClO4/c1-19(2,3)12-23-17(21)15-6-4-5-7-16(15)18(22)24-14-10-8-13(20)9-11-14/h4-11H,12H2,1-3H3. The van der Waals surface area contributed by atoms with Gasteiger partial charge in [-0.25, -0.2) is 9.59 Å². The van der Waals surface area contributed by atoms with E-state index in [0.717, 1.165) is 0 Å². The molecule has 0 amide bonds. The van der Waals surface area contributed by atoms with Gasteiger partial charge in [-0.05, 0) is 41.8 Å². The lowest BCUT2D eigenvalue weighted by atomic mass is 9.98. The first kappa shape index (κ1) is 18.0. The SMILES string of the molecule is CC(C)(C)COC(=O)c1ccccc1C(=O)Oc1ccc(Cl)cc1. The number of carbonyl (C=O) groups is 2. The van der Waals surface area contributed by atoms with Crippen molar-refractivity contribution in [3.8, 4) is 5.75 Å². The summed E-state index contributed by atoms with van der Waals surface area (Å²) in [5, 5.41) is 0.543. The van der Waals surface area contributed by atoms with Crippen molar-refractivity contribution in [2.24, 2.45) is 5.41 Å². The lowest BCUT2D eigenvalue weighted by Crippen LogP contribution is -2.21. The Morgan fingerprint density at radius 1 is 0.917 bits per heavy atom. The average molecular weight is 347 g/mol. The van der Waals surface area contributed by atoms with Gasteiger partial charge in [-0.3, -0.25) is 0 Å². The average Bonchev–Trinajstić information content (AvgIpc) is 2.54. The summed E-state index contributed by atoms with van der Waals surface area (Å²) in [5.74, 6) is -0.823. The normalized spacial score (nSPS) is 11.0. The van der Waals surface area contributed by atoms with Gasteiger partial charge in [0.1, 0.15) is 5.75 Å². The molecule has 0 fully saturated rings. The molecule has 0 atom stereocenters. The van der Waals surface area contributed by atoms with Crippen LogP contribution in [0.25, 0.3) is 0 Å². The first-order chi connectivity index (χ1) is 11.3. The van der Waals surface area contributed by atoms with Crippen LogP contribution >= 0.6 is 11.6 Å². The van der Waals surface area contributed by atoms with E-state index in [0.29, 0.717) is 10.8 Å². The zero-order valence-corrected chi connectivity index (χ0v) is 14.6. The fourth-order valence-corrected chi connectivity index (χ4v) is 1.99. The van der Waals surface area contributed by atoms with Gasteiger partial charge < -0.3 is 9.47 Å². The Hall–Kier alpha value is -2.33. The van der Waals surface area contributed by atoms with Crippen LogP contribution in [0.1, 0.15) is 41.5 Å². The fourth-order valence-electron chi connectivity index (χ4n) is 1.86. The van der Waals surface area contributed by atoms with Crippen molar-refractivity contribution in [1.82, 2.24) is 0 Å². The van der Waals surface area contributed by atoms with E-state index in [2.05, 4.69) is 0 Å². The molecular formula is C19H19ClO4. The smallest absolute Gasteiger partial charge is 0.344 e. The predicted molar refractivity (Wildman–Crippen MR) is 92.6 cm³/mol. The second-order valence-electron chi connectivity index (χ2n) is 6.53. The van der Waals surface area contributed by atoms with Crippen molar-refractivity contribution in [3.05, 3.63) is 64.7 Å². The minimum absolute atomic E-state index is 0.158. The number of hydrogen-bond donors (Lipinski definition) is 0. The van der Waals surface area contributed by atoms with Crippen LogP contribution in [0.15, 0.2) is 48.5 Å². The first-order valence-electron chi connectivity index (χ1n) is 7.50. The Morgan fingerprint density at radius 3 is 2.00 bits per heavy atom. The molecule has 0 aliphatic rings. The van der Waals surface area contributed by atoms with Crippen molar-refractivity contribution in [2.45, 2.75) is 20.8 Å². The Morgan fingerprint density at radius 2 is 1.46 bits per heavy atom. The number of esters is 2. The third-order valence-electron chi connectivity index (χ3n) is 3.03. The number of benzene rings is 2. The molecule has 126 valence electrons. The largest absolute Gasteiger partial charge is 0.462 e. The summed E-state index contributed by atoms with van der Waals surface area (Å²) in [5.41, 5.74) is 0.182. The van der Waals surface area contributed by atoms with Crippen LogP contribution in [0, 0.1) is 5.41 Å². The van der Waals surface area contributed by atoms with E-state index in [1.165, 1.54) is 6.07 Å². The Bertz CT molecular complexity index is 730. The molecule has 0 aliphatic heterocycles. The van der Waals surface area contributed by atoms with Crippen LogP contribution in [-0.2, 0) is 4.74 Å². The van der Waals surface area contributed by atoms with Gasteiger partial charge in [0, 0.05) is 5.02 Å². The van der Waals surface area contributed by atoms with Gasteiger partial charge in [0.05, 0.1) is 17.7 Å². The molecule has 5 heteroatoms. The molecule has 0 unspecified atom stereocenters. The zero-order chi connectivity index (χ0) is 17.7. The second kappa shape index (κ2) is 7.49. The van der Waals surface area contributed by atoms with E-state index < -0.39 is 11.9 Å². The summed E-state index contributed by atoms with van der Waals surface area (Å²) >= 11 is 5.80. The molecule has 4 nitrogen and oxygen atoms in total. The van der Waals surface area contributed by atoms with Gasteiger partial charge in [0.15, 0.2) is 0 Å². The summed E-state index contributed by atoms with van der Waals surface area (Å²) in [4.78, 5) is 24.6. The summed E-state index contributed by atoms with van der Waals surface area (Å²) < 4.78 is 10.6. The fraction of sp³-hybridized carbons (Fsp3) is 0.263. The number of halogens is 1. The maximum absolute atomic E-state index is 12.4. The van der Waals surface area contributed by atoms with Crippen LogP contribution in [0.4, 0.5) is 0 Å². The lowest BCUT2D eigenvalue weighted by molar-refractivity contribution is 0.0362. The Labute approximate surface area is 146 Å². The summed E-state index contributed by atoms with van der Waals surface area (Å²) in [6.45, 7) is 6.13. The number of ether oxygens (including phenoxy) is 2. The molecule has 0 radical (unpaired) electrons. The van der Waals surface area contributed by atoms with Crippen molar-refractivity contribution < 1.29 is 19.1 Å². The Kier molecular flexibility index (Phi) is 5.62. The minimum atomic E-state index is -0.624. The molecule has 2 aromatic carbocycles. The highest BCUT2D eigenvalue weighted by molar-refractivity contribution is 6.30. The van der Waals surface area contributed by atoms with E-state index in [-0.39, 0.29) is 23.1 Å². The molecule has 0 saturated heterocycles. The molecule has 0 bridgehead atoms. The van der Waals surface area contributed by atoms with E-state index >= 15 is 0 Å². The second-order valence-corrected chi connectivity index (χ2v) is 6.96. The van der Waals surface area contributed by atoms with Crippen molar-refractivity contribution >= 4 is 23.5 Å². The highest BCUT2D eigenvalue weighted by atomic mass is 35.5. The molecule has 24 heavy (non-hydrogen) atoms. The lowest BCUT2D eigenvalue weighted by Gasteiger charge is -2.18. The Balaban J connectivity index is 2.16. The highest BCUT2D eigenvalue weighted by Gasteiger charge is 2.21. The van der Waals surface area contributed by atoms with E-state index in [9.17, 15) is 9.59 Å². The van der Waals surface area contributed by atoms with E-state index in [1.54, 1.807) is 42.5 Å². The van der Waals surface area contributed by atoms with E-state index in [1.807, 2.05) is 20.8 Å². The number of carbonyl (C=O) groups excluding carboxylic acids is 2. The molecular weight excluding hydrogens is 328 g/mol. The van der Waals surface area contributed by atoms with Crippen molar-refractivity contribution in [1.29, 1.82) is 0 Å². The molecule has 0 saturated carbocycles. The summed E-state index contributed by atoms with van der Waals surface area (Å²) in [7, 11) is 0. The van der Waals surface area contributed by atoms with Crippen LogP contribution in [0.5, 0.6) is 5.75 Å². The molecule has 0 spiro atoms. The molecule has 0 aromatic heterocycles. The molecule has 0 N–H and O–H groups in total. The molecule has 2 aromatic rings.